The number of urea groups is 3. The van der Waals surface area contributed by atoms with Crippen molar-refractivity contribution in [2.75, 3.05) is 22.5 Å². The highest BCUT2D eigenvalue weighted by Gasteiger charge is 2.27. The Kier molecular flexibility index (Phi) is 17.4. The van der Waals surface area contributed by atoms with Crippen molar-refractivity contribution in [1.82, 2.24) is 16.0 Å². The molecule has 0 saturated heterocycles. The number of anilines is 3. The molecule has 6 amide bonds. The molecule has 3 aromatic carbocycles. The monoisotopic (exact) mass is 828 g/mol. The summed E-state index contributed by atoms with van der Waals surface area (Å²) in [5.41, 5.74) is -1.08. The van der Waals surface area contributed by atoms with Crippen molar-refractivity contribution in [1.29, 1.82) is 0 Å². The van der Waals surface area contributed by atoms with Gasteiger partial charge in [-0.1, -0.05) is 40.0 Å². The molecular formula is C40H54F6N6O6. The molecule has 0 radical (unpaired) electrons. The predicted octanol–water partition coefficient (Wildman–Crippen LogP) is 9.97. The van der Waals surface area contributed by atoms with Crippen molar-refractivity contribution in [3.63, 3.8) is 0 Å². The van der Waals surface area contributed by atoms with E-state index in [9.17, 15) is 40.7 Å². The standard InChI is InChI=1S/C15H22F2N2O2.C14H18F2N2O2.C11H14F2N2O2/c1-14(2,3)8-15(4,5)19-13(21)18-9-6-10(16)12(20)11(17)7-9;15-11-6-10(7-12(16)13(11)19)18-14(20)17-8-9-4-2-1-3-5-9;1-11(2,3)15-10(17)14-6-4-7(12)9(16)8(13)5-6/h6-7,20H,8H2,1-5H3,(H2,18,19,21);6-7,9,19H,1-5,8H2,(H2,17,18,20);4-5,16H,1-3H3,(H2,14,15,17). The molecule has 0 aliphatic heterocycles. The number of rotatable bonds is 7. The van der Waals surface area contributed by atoms with Crippen LogP contribution in [0.5, 0.6) is 17.2 Å². The first-order chi connectivity index (χ1) is 26.6. The number of hydrogen-bond acceptors (Lipinski definition) is 6. The highest BCUT2D eigenvalue weighted by molar-refractivity contribution is 5.90. The fourth-order valence-corrected chi connectivity index (χ4v) is 6.06. The number of hydrogen-bond donors (Lipinski definition) is 9. The van der Waals surface area contributed by atoms with Gasteiger partial charge in [0.1, 0.15) is 0 Å². The normalized spacial score (nSPS) is 13.1. The fourth-order valence-electron chi connectivity index (χ4n) is 6.06. The Morgan fingerprint density at radius 2 is 0.879 bits per heavy atom. The number of phenolic OH excluding ortho intramolecular Hbond substituents is 3. The molecule has 58 heavy (non-hydrogen) atoms. The summed E-state index contributed by atoms with van der Waals surface area (Å²) in [4.78, 5) is 34.9. The second-order valence-corrected chi connectivity index (χ2v) is 16.7. The average molecular weight is 829 g/mol. The zero-order chi connectivity index (χ0) is 44.2. The van der Waals surface area contributed by atoms with Gasteiger partial charge < -0.3 is 47.2 Å². The van der Waals surface area contributed by atoms with E-state index >= 15 is 0 Å². The predicted molar refractivity (Wildman–Crippen MR) is 210 cm³/mol. The molecule has 4 rings (SSSR count). The quantitative estimate of drug-likeness (QED) is 0.0843. The SMILES string of the molecule is CC(C)(C)CC(C)(C)NC(=O)Nc1cc(F)c(O)c(F)c1.CC(C)(C)NC(=O)Nc1cc(F)c(O)c(F)c1.O=C(NCC1CCCCC1)Nc1cc(F)c(O)c(F)c1. The van der Waals surface area contributed by atoms with Crippen molar-refractivity contribution in [2.24, 2.45) is 11.3 Å². The molecule has 0 unspecified atom stereocenters. The van der Waals surface area contributed by atoms with E-state index in [0.717, 1.165) is 55.7 Å². The Bertz CT molecular complexity index is 1830. The Morgan fingerprint density at radius 3 is 1.21 bits per heavy atom. The zero-order valence-electron chi connectivity index (χ0n) is 33.8. The van der Waals surface area contributed by atoms with E-state index < -0.39 is 81.3 Å². The van der Waals surface area contributed by atoms with Crippen molar-refractivity contribution >= 4 is 35.2 Å². The van der Waals surface area contributed by atoms with E-state index in [0.29, 0.717) is 12.5 Å². The first kappa shape index (κ1) is 48.6. The lowest BCUT2D eigenvalue weighted by Crippen LogP contribution is -2.47. The van der Waals surface area contributed by atoms with Gasteiger partial charge >= 0.3 is 18.1 Å². The van der Waals surface area contributed by atoms with Gasteiger partial charge in [-0.25, -0.2) is 40.7 Å². The topological polar surface area (TPSA) is 184 Å². The number of halogens is 6. The van der Waals surface area contributed by atoms with Gasteiger partial charge in [0.2, 0.25) is 0 Å². The molecule has 3 aromatic rings. The van der Waals surface area contributed by atoms with E-state index in [-0.39, 0.29) is 22.5 Å². The van der Waals surface area contributed by atoms with Crippen LogP contribution in [0.4, 0.5) is 57.8 Å². The van der Waals surface area contributed by atoms with Gasteiger partial charge in [0.15, 0.2) is 52.2 Å². The molecule has 1 fully saturated rings. The fraction of sp³-hybridized carbons (Fsp3) is 0.475. The lowest BCUT2D eigenvalue weighted by atomic mass is 9.82. The van der Waals surface area contributed by atoms with E-state index in [1.54, 1.807) is 20.8 Å². The minimum atomic E-state index is -1.13. The summed E-state index contributed by atoms with van der Waals surface area (Å²) < 4.78 is 78.5. The summed E-state index contributed by atoms with van der Waals surface area (Å²) >= 11 is 0. The van der Waals surface area contributed by atoms with Gasteiger partial charge in [0.05, 0.1) is 0 Å². The zero-order valence-corrected chi connectivity index (χ0v) is 33.8. The molecule has 9 N–H and O–H groups in total. The molecule has 1 aliphatic rings. The number of carbonyl (C=O) groups is 3. The number of aromatic hydroxyl groups is 3. The number of phenols is 3. The third-order valence-electron chi connectivity index (χ3n) is 8.01. The first-order valence-corrected chi connectivity index (χ1v) is 18.4. The van der Waals surface area contributed by atoms with E-state index in [2.05, 4.69) is 52.7 Å². The van der Waals surface area contributed by atoms with Crippen LogP contribution in [0.3, 0.4) is 0 Å². The summed E-state index contributed by atoms with van der Waals surface area (Å²) in [5.74, 6) is -9.41. The molecule has 0 spiro atoms. The Balaban J connectivity index is 0.000000302. The molecule has 322 valence electrons. The van der Waals surface area contributed by atoms with Crippen LogP contribution in [0, 0.1) is 46.2 Å². The van der Waals surface area contributed by atoms with Crippen LogP contribution in [-0.4, -0.2) is 51.0 Å². The van der Waals surface area contributed by atoms with Crippen LogP contribution < -0.4 is 31.9 Å². The van der Waals surface area contributed by atoms with Crippen LogP contribution in [0.2, 0.25) is 0 Å². The number of nitrogens with one attached hydrogen (secondary N) is 6. The summed E-state index contributed by atoms with van der Waals surface area (Å²) in [5, 5.41) is 41.8. The van der Waals surface area contributed by atoms with Gasteiger partial charge in [-0.2, -0.15) is 0 Å². The molecular weight excluding hydrogens is 774 g/mol. The minimum Gasteiger partial charge on any atom is -0.503 e. The van der Waals surface area contributed by atoms with Crippen molar-refractivity contribution in [2.45, 2.75) is 105 Å². The van der Waals surface area contributed by atoms with E-state index in [1.807, 2.05) is 13.8 Å². The number of amides is 6. The summed E-state index contributed by atoms with van der Waals surface area (Å²) in [6.07, 6.45) is 6.54. The maximum Gasteiger partial charge on any atom is 0.319 e. The molecule has 1 saturated carbocycles. The summed E-state index contributed by atoms with van der Waals surface area (Å²) in [6.45, 7) is 15.8. The van der Waals surface area contributed by atoms with Crippen LogP contribution in [0.15, 0.2) is 36.4 Å². The first-order valence-electron chi connectivity index (χ1n) is 18.4. The second-order valence-electron chi connectivity index (χ2n) is 16.7. The van der Waals surface area contributed by atoms with Crippen LogP contribution in [-0.2, 0) is 0 Å². The largest absolute Gasteiger partial charge is 0.503 e. The number of benzene rings is 3. The average Bonchev–Trinajstić information content (AvgIpc) is 3.06. The minimum absolute atomic E-state index is 0.0214. The third kappa shape index (κ3) is 17.7. The third-order valence-corrected chi connectivity index (χ3v) is 8.01. The van der Waals surface area contributed by atoms with Gasteiger partial charge in [0.25, 0.3) is 0 Å². The van der Waals surface area contributed by atoms with Crippen LogP contribution in [0.25, 0.3) is 0 Å². The second kappa shape index (κ2) is 20.7. The lowest BCUT2D eigenvalue weighted by Gasteiger charge is -2.33. The van der Waals surface area contributed by atoms with E-state index in [4.69, 9.17) is 15.3 Å². The van der Waals surface area contributed by atoms with Crippen molar-refractivity contribution in [3.8, 4) is 17.2 Å². The lowest BCUT2D eigenvalue weighted by molar-refractivity contribution is 0.220. The van der Waals surface area contributed by atoms with E-state index in [1.165, 1.54) is 19.3 Å². The maximum absolute atomic E-state index is 13.2. The van der Waals surface area contributed by atoms with Crippen LogP contribution in [0.1, 0.15) is 93.9 Å². The van der Waals surface area contributed by atoms with Crippen molar-refractivity contribution < 1.29 is 56.0 Å². The van der Waals surface area contributed by atoms with Gasteiger partial charge in [0, 0.05) is 71.1 Å². The smallest absolute Gasteiger partial charge is 0.319 e. The number of carbonyl (C=O) groups excluding carboxylic acids is 3. The highest BCUT2D eigenvalue weighted by atomic mass is 19.2. The molecule has 0 atom stereocenters. The molecule has 18 heteroatoms. The summed E-state index contributed by atoms with van der Waals surface area (Å²) in [7, 11) is 0. The van der Waals surface area contributed by atoms with Gasteiger partial charge in [-0.05, 0) is 65.2 Å². The molecule has 0 aromatic heterocycles. The molecule has 1 aliphatic carbocycles. The Labute approximate surface area is 334 Å². The van der Waals surface area contributed by atoms with Crippen molar-refractivity contribution in [3.05, 3.63) is 71.3 Å². The van der Waals surface area contributed by atoms with Gasteiger partial charge in [-0.15, -0.1) is 0 Å². The Hall–Kier alpha value is -5.55. The maximum atomic E-state index is 13.2. The molecule has 12 nitrogen and oxygen atoms in total. The molecule has 0 bridgehead atoms. The highest BCUT2D eigenvalue weighted by Crippen LogP contribution is 2.29. The van der Waals surface area contributed by atoms with Gasteiger partial charge in [-0.3, -0.25) is 0 Å². The van der Waals surface area contributed by atoms with Crippen LogP contribution >= 0.6 is 0 Å². The summed E-state index contributed by atoms with van der Waals surface area (Å²) in [6, 6.07) is 3.48. The Morgan fingerprint density at radius 1 is 0.552 bits per heavy atom. The molecule has 0 heterocycles.